The Labute approximate surface area is 272 Å². The summed E-state index contributed by atoms with van der Waals surface area (Å²) in [5, 5.41) is 11.5. The fourth-order valence-electron chi connectivity index (χ4n) is 6.78. The first-order valence-electron chi connectivity index (χ1n) is 15.7. The Kier molecular flexibility index (Phi) is 6.40. The van der Waals surface area contributed by atoms with Gasteiger partial charge in [0.05, 0.1) is 0 Å². The third-order valence-electron chi connectivity index (χ3n) is 9.05. The molecule has 0 saturated carbocycles. The van der Waals surface area contributed by atoms with Crippen molar-refractivity contribution in [1.82, 2.24) is 0 Å². The molecule has 0 aliphatic heterocycles. The maximum absolute atomic E-state index is 3.75. The molecule has 0 bridgehead atoms. The lowest BCUT2D eigenvalue weighted by Gasteiger charge is -2.16. The molecule has 1 nitrogen and oxygen atoms in total. The Bertz CT molecular complexity index is 2530. The minimum Gasteiger partial charge on any atom is -0.355 e. The Morgan fingerprint density at radius 2 is 1.07 bits per heavy atom. The van der Waals surface area contributed by atoms with Crippen LogP contribution in [0.15, 0.2) is 170 Å². The Morgan fingerprint density at radius 3 is 1.89 bits per heavy atom. The molecule has 0 aliphatic carbocycles. The van der Waals surface area contributed by atoms with Crippen LogP contribution in [0.4, 0.5) is 11.4 Å². The molecule has 2 heteroatoms. The second-order valence-corrected chi connectivity index (χ2v) is 12.9. The van der Waals surface area contributed by atoms with Crippen LogP contribution in [0.25, 0.3) is 75.1 Å². The van der Waals surface area contributed by atoms with Crippen molar-refractivity contribution < 1.29 is 0 Å². The highest BCUT2D eigenvalue weighted by Crippen LogP contribution is 2.41. The smallest absolute Gasteiger partial charge is 0.0464 e. The third kappa shape index (κ3) is 4.63. The second kappa shape index (κ2) is 11.0. The molecule has 0 fully saturated rings. The van der Waals surface area contributed by atoms with Crippen LogP contribution in [0.2, 0.25) is 0 Å². The summed E-state index contributed by atoms with van der Waals surface area (Å²) in [5.41, 5.74) is 9.49. The standard InChI is InChI=1S/C44H29NS/c1-3-10-29(11-4-1)34-26-39(31-12-5-2-6-13-31)37-16-9-17-41(40(37)27-34)45-35-22-18-30(19-23-35)33-20-24-38-43(28-33)46-42-25-21-32-14-7-8-15-36(32)44(38)42/h1-28,45H. The summed E-state index contributed by atoms with van der Waals surface area (Å²) in [4.78, 5) is 0. The van der Waals surface area contributed by atoms with Gasteiger partial charge in [-0.25, -0.2) is 0 Å². The van der Waals surface area contributed by atoms with Gasteiger partial charge >= 0.3 is 0 Å². The highest BCUT2D eigenvalue weighted by molar-refractivity contribution is 7.26. The van der Waals surface area contributed by atoms with E-state index < -0.39 is 0 Å². The quantitative estimate of drug-likeness (QED) is 0.206. The monoisotopic (exact) mass is 603 g/mol. The van der Waals surface area contributed by atoms with Crippen molar-refractivity contribution >= 4 is 64.4 Å². The molecule has 0 spiro atoms. The SMILES string of the molecule is c1ccc(-c2cc(-c3ccccc3)c3cccc(Nc4ccc(-c5ccc6c(c5)sc5ccc7ccccc7c56)cc4)c3c2)cc1. The number of hydrogen-bond acceptors (Lipinski definition) is 2. The lowest BCUT2D eigenvalue weighted by molar-refractivity contribution is 1.56. The average molecular weight is 604 g/mol. The van der Waals surface area contributed by atoms with Crippen LogP contribution >= 0.6 is 11.3 Å². The van der Waals surface area contributed by atoms with Crippen molar-refractivity contribution in [3.63, 3.8) is 0 Å². The first-order chi connectivity index (χ1) is 22.8. The number of hydrogen-bond donors (Lipinski definition) is 1. The van der Waals surface area contributed by atoms with Gasteiger partial charge < -0.3 is 5.32 Å². The highest BCUT2D eigenvalue weighted by atomic mass is 32.1. The minimum atomic E-state index is 1.07. The zero-order valence-corrected chi connectivity index (χ0v) is 25.9. The Balaban J connectivity index is 1.08. The summed E-state index contributed by atoms with van der Waals surface area (Å²) in [6, 6.07) is 61.5. The molecule has 9 aromatic rings. The van der Waals surface area contributed by atoms with Crippen LogP contribution in [0.5, 0.6) is 0 Å². The predicted octanol–water partition coefficient (Wildman–Crippen LogP) is 13.1. The number of benzene rings is 8. The van der Waals surface area contributed by atoms with Gasteiger partial charge in [0.25, 0.3) is 0 Å². The summed E-state index contributed by atoms with van der Waals surface area (Å²) in [6.07, 6.45) is 0. The van der Waals surface area contributed by atoms with Crippen molar-refractivity contribution in [2.75, 3.05) is 5.32 Å². The van der Waals surface area contributed by atoms with Gasteiger partial charge in [-0.1, -0.05) is 127 Å². The maximum Gasteiger partial charge on any atom is 0.0464 e. The summed E-state index contributed by atoms with van der Waals surface area (Å²) in [7, 11) is 0. The van der Waals surface area contributed by atoms with Gasteiger partial charge in [-0.15, -0.1) is 11.3 Å². The molecular formula is C44H29NS. The predicted molar refractivity (Wildman–Crippen MR) is 200 cm³/mol. The normalized spacial score (nSPS) is 11.5. The molecule has 9 rings (SSSR count). The van der Waals surface area contributed by atoms with E-state index in [9.17, 15) is 0 Å². The molecule has 0 aliphatic rings. The third-order valence-corrected chi connectivity index (χ3v) is 10.2. The number of nitrogens with one attached hydrogen (secondary N) is 1. The van der Waals surface area contributed by atoms with Gasteiger partial charge in [0.2, 0.25) is 0 Å². The van der Waals surface area contributed by atoms with E-state index >= 15 is 0 Å². The fraction of sp³-hybridized carbons (Fsp3) is 0. The van der Waals surface area contributed by atoms with Gasteiger partial charge in [-0.05, 0) is 92.0 Å². The van der Waals surface area contributed by atoms with Gasteiger partial charge in [0, 0.05) is 36.9 Å². The molecule has 1 heterocycles. The van der Waals surface area contributed by atoms with Crippen molar-refractivity contribution in [3.8, 4) is 33.4 Å². The zero-order valence-electron chi connectivity index (χ0n) is 25.1. The van der Waals surface area contributed by atoms with E-state index in [0.717, 1.165) is 11.4 Å². The van der Waals surface area contributed by atoms with E-state index in [4.69, 9.17) is 0 Å². The van der Waals surface area contributed by atoms with E-state index in [1.54, 1.807) is 0 Å². The first-order valence-corrected chi connectivity index (χ1v) is 16.5. The van der Waals surface area contributed by atoms with Crippen molar-refractivity contribution in [3.05, 3.63) is 170 Å². The van der Waals surface area contributed by atoms with Crippen LogP contribution in [-0.4, -0.2) is 0 Å². The molecule has 216 valence electrons. The molecule has 0 atom stereocenters. The van der Waals surface area contributed by atoms with Crippen LogP contribution in [0, 0.1) is 0 Å². The Hall–Kier alpha value is -5.70. The second-order valence-electron chi connectivity index (χ2n) is 11.8. The molecular weight excluding hydrogens is 575 g/mol. The van der Waals surface area contributed by atoms with Crippen molar-refractivity contribution in [2.24, 2.45) is 0 Å². The van der Waals surface area contributed by atoms with E-state index in [2.05, 4.69) is 175 Å². The molecule has 0 unspecified atom stereocenters. The fourth-order valence-corrected chi connectivity index (χ4v) is 7.94. The van der Waals surface area contributed by atoms with Crippen molar-refractivity contribution in [2.45, 2.75) is 0 Å². The summed E-state index contributed by atoms with van der Waals surface area (Å²) in [5.74, 6) is 0. The van der Waals surface area contributed by atoms with Gasteiger partial charge in [-0.3, -0.25) is 0 Å². The highest BCUT2D eigenvalue weighted by Gasteiger charge is 2.13. The van der Waals surface area contributed by atoms with E-state index in [1.807, 2.05) is 11.3 Å². The van der Waals surface area contributed by atoms with E-state index in [1.165, 1.54) is 75.1 Å². The molecule has 1 N–H and O–H groups in total. The van der Waals surface area contributed by atoms with Gasteiger partial charge in [0.1, 0.15) is 0 Å². The van der Waals surface area contributed by atoms with Crippen LogP contribution < -0.4 is 5.32 Å². The van der Waals surface area contributed by atoms with Crippen molar-refractivity contribution in [1.29, 1.82) is 0 Å². The average Bonchev–Trinajstić information content (AvgIpc) is 3.51. The number of fused-ring (bicyclic) bond motifs is 6. The zero-order chi connectivity index (χ0) is 30.5. The number of rotatable bonds is 5. The summed E-state index contributed by atoms with van der Waals surface area (Å²) in [6.45, 7) is 0. The number of anilines is 2. The van der Waals surface area contributed by atoms with Crippen LogP contribution in [-0.2, 0) is 0 Å². The lowest BCUT2D eigenvalue weighted by Crippen LogP contribution is -1.93. The maximum atomic E-state index is 3.75. The lowest BCUT2D eigenvalue weighted by atomic mass is 9.92. The minimum absolute atomic E-state index is 1.07. The molecule has 1 aromatic heterocycles. The first kappa shape index (κ1) is 26.7. The summed E-state index contributed by atoms with van der Waals surface area (Å²) < 4.78 is 2.66. The van der Waals surface area contributed by atoms with Gasteiger partial charge in [0.15, 0.2) is 0 Å². The van der Waals surface area contributed by atoms with E-state index in [-0.39, 0.29) is 0 Å². The molecule has 0 saturated heterocycles. The molecule has 0 radical (unpaired) electrons. The molecule has 8 aromatic carbocycles. The van der Waals surface area contributed by atoms with Crippen LogP contribution in [0.3, 0.4) is 0 Å². The van der Waals surface area contributed by atoms with Gasteiger partial charge in [-0.2, -0.15) is 0 Å². The molecule has 0 amide bonds. The van der Waals surface area contributed by atoms with Crippen LogP contribution in [0.1, 0.15) is 0 Å². The molecule has 46 heavy (non-hydrogen) atoms. The largest absolute Gasteiger partial charge is 0.355 e. The summed E-state index contributed by atoms with van der Waals surface area (Å²) >= 11 is 1.88. The van der Waals surface area contributed by atoms with E-state index in [0.29, 0.717) is 0 Å². The Morgan fingerprint density at radius 1 is 0.370 bits per heavy atom. The topological polar surface area (TPSA) is 12.0 Å². The number of thiophene rings is 1.